The minimum atomic E-state index is -0.541. The molecule has 0 spiro atoms. The van der Waals surface area contributed by atoms with Crippen molar-refractivity contribution < 1.29 is 24.5 Å². The van der Waals surface area contributed by atoms with Gasteiger partial charge in [-0.05, 0) is 85.0 Å². The van der Waals surface area contributed by atoms with Crippen LogP contribution in [-0.2, 0) is 14.3 Å². The van der Waals surface area contributed by atoms with Gasteiger partial charge in [-0.3, -0.25) is 9.59 Å². The lowest BCUT2D eigenvalue weighted by atomic mass is 9.46. The van der Waals surface area contributed by atoms with E-state index >= 15 is 0 Å². The molecule has 0 amide bonds. The van der Waals surface area contributed by atoms with Gasteiger partial charge in [-0.15, -0.1) is 11.6 Å². The van der Waals surface area contributed by atoms with Crippen molar-refractivity contribution >= 4 is 23.4 Å². The monoisotopic (exact) mass is 508 g/mol. The highest BCUT2D eigenvalue weighted by atomic mass is 35.5. The van der Waals surface area contributed by atoms with Crippen LogP contribution in [0.3, 0.4) is 0 Å². The molecular weight excluding hydrogens is 464 g/mol. The number of esters is 1. The van der Waals surface area contributed by atoms with Gasteiger partial charge in [0.2, 0.25) is 0 Å². The minimum Gasteiger partial charge on any atom is -0.462 e. The third kappa shape index (κ3) is 4.75. The Balaban J connectivity index is 1.63. The summed E-state index contributed by atoms with van der Waals surface area (Å²) in [6.45, 7) is 10.2. The van der Waals surface area contributed by atoms with Crippen LogP contribution in [0.5, 0.6) is 0 Å². The Hall–Kier alpha value is -0.910. The first-order valence-electron chi connectivity index (χ1n) is 13.8. The quantitative estimate of drug-likeness (QED) is 0.277. The fraction of sp³-hybridized carbons (Fsp3) is 0.862. The largest absolute Gasteiger partial charge is 0.462 e. The second-order valence-corrected chi connectivity index (χ2v) is 13.1. The van der Waals surface area contributed by atoms with Gasteiger partial charge >= 0.3 is 5.97 Å². The van der Waals surface area contributed by atoms with Crippen LogP contribution in [0.25, 0.3) is 0 Å². The fourth-order valence-corrected chi connectivity index (χ4v) is 9.06. The number of hydrogen-bond donors (Lipinski definition) is 2. The second-order valence-electron chi connectivity index (χ2n) is 12.8. The third-order valence-electron chi connectivity index (χ3n) is 10.7. The molecule has 0 heterocycles. The second kappa shape index (κ2) is 10.1. The summed E-state index contributed by atoms with van der Waals surface area (Å²) >= 11 is 5.97. The number of ether oxygens (including phenoxy) is 1. The van der Waals surface area contributed by atoms with E-state index in [1.54, 1.807) is 0 Å². The van der Waals surface area contributed by atoms with Gasteiger partial charge in [0, 0.05) is 31.1 Å². The average molecular weight is 509 g/mol. The van der Waals surface area contributed by atoms with Crippen molar-refractivity contribution in [2.24, 2.45) is 46.3 Å². The van der Waals surface area contributed by atoms with E-state index < -0.39 is 12.2 Å². The molecule has 2 N–H and O–H groups in total. The molecule has 3 fully saturated rings. The smallest absolute Gasteiger partial charge is 0.302 e. The van der Waals surface area contributed by atoms with Crippen LogP contribution in [0.2, 0.25) is 0 Å². The first-order chi connectivity index (χ1) is 16.4. The lowest BCUT2D eigenvalue weighted by Gasteiger charge is -2.59. The summed E-state index contributed by atoms with van der Waals surface area (Å²) in [6.07, 6.45) is 7.08. The van der Waals surface area contributed by atoms with E-state index in [1.807, 2.05) is 13.0 Å². The molecular formula is C29H45ClO5. The average Bonchev–Trinajstić information content (AvgIpc) is 3.09. The predicted molar refractivity (Wildman–Crippen MR) is 137 cm³/mol. The molecule has 0 radical (unpaired) electrons. The topological polar surface area (TPSA) is 83.8 Å². The number of aliphatic hydroxyl groups is 2. The third-order valence-corrected chi connectivity index (χ3v) is 11.2. The highest BCUT2D eigenvalue weighted by Gasteiger charge is 2.64. The number of carbonyl (C=O) groups is 2. The van der Waals surface area contributed by atoms with Crippen LogP contribution in [0.15, 0.2) is 11.6 Å². The SMILES string of the molecule is CC(=O)O[C@H]1C[C@H]2[C@@H]3CC(O)C4=CC(O)CC[C@]4(C)[C@H]3CC[C@]2(C)[C@H]1[C@H](C)C(=O)CCC(C)CCl. The lowest BCUT2D eigenvalue weighted by Crippen LogP contribution is -2.54. The maximum absolute atomic E-state index is 13.3. The maximum Gasteiger partial charge on any atom is 0.302 e. The number of hydrogen-bond acceptors (Lipinski definition) is 5. The molecule has 198 valence electrons. The molecule has 6 heteroatoms. The van der Waals surface area contributed by atoms with Gasteiger partial charge in [0.05, 0.1) is 12.2 Å². The number of aliphatic hydroxyl groups excluding tert-OH is 2. The Bertz CT molecular complexity index is 856. The number of Topliss-reactive ketones (excluding diaryl/α,β-unsaturated/α-hetero) is 1. The van der Waals surface area contributed by atoms with E-state index in [0.29, 0.717) is 42.4 Å². The number of ketones is 1. The van der Waals surface area contributed by atoms with Gasteiger partial charge in [0.25, 0.3) is 0 Å². The van der Waals surface area contributed by atoms with Crippen molar-refractivity contribution in [1.29, 1.82) is 0 Å². The van der Waals surface area contributed by atoms with Crippen molar-refractivity contribution in [3.63, 3.8) is 0 Å². The lowest BCUT2D eigenvalue weighted by molar-refractivity contribution is -0.152. The van der Waals surface area contributed by atoms with Crippen molar-refractivity contribution in [2.45, 2.75) is 104 Å². The van der Waals surface area contributed by atoms with E-state index in [2.05, 4.69) is 20.8 Å². The number of halogens is 1. The molecule has 35 heavy (non-hydrogen) atoms. The van der Waals surface area contributed by atoms with Gasteiger partial charge in [-0.25, -0.2) is 0 Å². The zero-order valence-electron chi connectivity index (χ0n) is 22.1. The first-order valence-corrected chi connectivity index (χ1v) is 14.3. The van der Waals surface area contributed by atoms with E-state index in [1.165, 1.54) is 6.92 Å². The summed E-state index contributed by atoms with van der Waals surface area (Å²) in [5.74, 6) is 1.69. The summed E-state index contributed by atoms with van der Waals surface area (Å²) in [7, 11) is 0. The Labute approximate surface area is 216 Å². The zero-order chi connectivity index (χ0) is 25.7. The van der Waals surface area contributed by atoms with E-state index in [0.717, 1.165) is 44.1 Å². The highest BCUT2D eigenvalue weighted by molar-refractivity contribution is 6.18. The number of carbonyl (C=O) groups excluding carboxylic acids is 2. The Morgan fingerprint density at radius 2 is 1.86 bits per heavy atom. The summed E-state index contributed by atoms with van der Waals surface area (Å²) < 4.78 is 5.93. The van der Waals surface area contributed by atoms with E-state index in [-0.39, 0.29) is 40.5 Å². The van der Waals surface area contributed by atoms with Crippen LogP contribution >= 0.6 is 11.6 Å². The van der Waals surface area contributed by atoms with Crippen LogP contribution in [0.4, 0.5) is 0 Å². The summed E-state index contributed by atoms with van der Waals surface area (Å²) in [5, 5.41) is 21.5. The molecule has 4 aliphatic rings. The van der Waals surface area contributed by atoms with Crippen LogP contribution in [0, 0.1) is 46.3 Å². The Morgan fingerprint density at radius 3 is 2.51 bits per heavy atom. The minimum absolute atomic E-state index is 0.00813. The molecule has 4 aliphatic carbocycles. The van der Waals surface area contributed by atoms with Gasteiger partial charge in [-0.1, -0.05) is 33.8 Å². The normalized spacial score (nSPS) is 44.3. The molecule has 4 rings (SSSR count). The van der Waals surface area contributed by atoms with Crippen LogP contribution in [-0.4, -0.2) is 46.2 Å². The molecule has 3 saturated carbocycles. The van der Waals surface area contributed by atoms with Gasteiger partial charge in [-0.2, -0.15) is 0 Å². The van der Waals surface area contributed by atoms with Gasteiger partial charge < -0.3 is 14.9 Å². The van der Waals surface area contributed by atoms with Gasteiger partial charge in [0.1, 0.15) is 11.9 Å². The van der Waals surface area contributed by atoms with E-state index in [9.17, 15) is 19.8 Å². The molecule has 5 nitrogen and oxygen atoms in total. The molecule has 0 aromatic heterocycles. The molecule has 0 aromatic carbocycles. The predicted octanol–water partition coefficient (Wildman–Crippen LogP) is 5.30. The molecule has 0 saturated heterocycles. The van der Waals surface area contributed by atoms with Crippen LogP contribution in [0.1, 0.15) is 86.0 Å². The maximum atomic E-state index is 13.3. The van der Waals surface area contributed by atoms with Crippen molar-refractivity contribution in [3.8, 4) is 0 Å². The molecule has 0 aliphatic heterocycles. The number of fused-ring (bicyclic) bond motifs is 5. The fourth-order valence-electron chi connectivity index (χ4n) is 8.90. The van der Waals surface area contributed by atoms with Crippen molar-refractivity contribution in [1.82, 2.24) is 0 Å². The molecule has 0 bridgehead atoms. The summed E-state index contributed by atoms with van der Waals surface area (Å²) in [6, 6.07) is 0. The number of rotatable bonds is 7. The molecule has 11 atom stereocenters. The summed E-state index contributed by atoms with van der Waals surface area (Å²) in [4.78, 5) is 25.5. The van der Waals surface area contributed by atoms with Crippen LogP contribution < -0.4 is 0 Å². The van der Waals surface area contributed by atoms with E-state index in [4.69, 9.17) is 16.3 Å². The van der Waals surface area contributed by atoms with Crippen molar-refractivity contribution in [3.05, 3.63) is 11.6 Å². The molecule has 3 unspecified atom stereocenters. The Kier molecular flexibility index (Phi) is 7.83. The van der Waals surface area contributed by atoms with Crippen molar-refractivity contribution in [2.75, 3.05) is 5.88 Å². The standard InChI is InChI=1S/C29H45ClO5/c1-16(15-30)6-7-24(33)17(2)27-26(35-18(3)31)14-22-20-13-25(34)23-12-19(32)8-10-28(23,4)21(20)9-11-29(22,27)5/h12,16-17,19-22,25-27,32,34H,6-11,13-15H2,1-5H3/t16?,17-,19?,20-,21+,22+,25?,26+,27+,28-,29+/m1/s1. The number of alkyl halides is 1. The Morgan fingerprint density at radius 1 is 1.14 bits per heavy atom. The van der Waals surface area contributed by atoms with Gasteiger partial charge in [0.15, 0.2) is 0 Å². The molecule has 0 aromatic rings. The zero-order valence-corrected chi connectivity index (χ0v) is 22.9. The highest BCUT2D eigenvalue weighted by Crippen LogP contribution is 2.68. The summed E-state index contributed by atoms with van der Waals surface area (Å²) in [5.41, 5.74) is 0.820. The first kappa shape index (κ1) is 27.1.